The van der Waals surface area contributed by atoms with Crippen LogP contribution in [0.2, 0.25) is 5.15 Å². The molecule has 6 nitrogen and oxygen atoms in total. The van der Waals surface area contributed by atoms with E-state index in [1.807, 2.05) is 15.9 Å². The standard InChI is InChI=1S/C13H16ClN5OS/c14-11-10(8-15)21-13(17-11)19-5-1-2-9(19)12(20)18-6-3-16-4-7-18/h9,16H,1-7H2. The van der Waals surface area contributed by atoms with Gasteiger partial charge in [-0.05, 0) is 12.8 Å². The van der Waals surface area contributed by atoms with Gasteiger partial charge >= 0.3 is 0 Å². The minimum absolute atomic E-state index is 0.166. The molecular weight excluding hydrogens is 310 g/mol. The van der Waals surface area contributed by atoms with Crippen LogP contribution in [0.5, 0.6) is 0 Å². The highest BCUT2D eigenvalue weighted by molar-refractivity contribution is 7.16. The fourth-order valence-corrected chi connectivity index (χ4v) is 3.95. The van der Waals surface area contributed by atoms with Crippen LogP contribution >= 0.6 is 22.9 Å². The van der Waals surface area contributed by atoms with Gasteiger partial charge in [-0.25, -0.2) is 4.98 Å². The second-order valence-corrected chi connectivity index (χ2v) is 6.49. The number of amides is 1. The fourth-order valence-electron chi connectivity index (χ4n) is 2.83. The van der Waals surface area contributed by atoms with Gasteiger partial charge in [0.05, 0.1) is 0 Å². The van der Waals surface area contributed by atoms with Gasteiger partial charge < -0.3 is 15.1 Å². The number of halogens is 1. The van der Waals surface area contributed by atoms with E-state index >= 15 is 0 Å². The molecule has 112 valence electrons. The number of hydrogen-bond acceptors (Lipinski definition) is 6. The summed E-state index contributed by atoms with van der Waals surface area (Å²) in [4.78, 5) is 21.3. The van der Waals surface area contributed by atoms with Crippen molar-refractivity contribution in [1.29, 1.82) is 5.26 Å². The van der Waals surface area contributed by atoms with Crippen molar-refractivity contribution in [3.63, 3.8) is 0 Å². The van der Waals surface area contributed by atoms with Crippen molar-refractivity contribution in [3.8, 4) is 6.07 Å². The average molecular weight is 326 g/mol. The predicted molar refractivity (Wildman–Crippen MR) is 81.7 cm³/mol. The number of nitrogens with one attached hydrogen (secondary N) is 1. The highest BCUT2D eigenvalue weighted by Crippen LogP contribution is 2.34. The molecule has 0 saturated carbocycles. The lowest BCUT2D eigenvalue weighted by atomic mass is 10.2. The molecule has 1 aromatic rings. The van der Waals surface area contributed by atoms with Crippen LogP contribution in [0.4, 0.5) is 5.13 Å². The lowest BCUT2D eigenvalue weighted by Crippen LogP contribution is -2.52. The Morgan fingerprint density at radius 1 is 1.43 bits per heavy atom. The van der Waals surface area contributed by atoms with E-state index < -0.39 is 0 Å². The van der Waals surface area contributed by atoms with E-state index in [0.29, 0.717) is 10.0 Å². The molecule has 0 aromatic carbocycles. The van der Waals surface area contributed by atoms with Crippen LogP contribution in [0.25, 0.3) is 0 Å². The Morgan fingerprint density at radius 3 is 2.86 bits per heavy atom. The van der Waals surface area contributed by atoms with Crippen LogP contribution in [0.3, 0.4) is 0 Å². The van der Waals surface area contributed by atoms with Crippen molar-refractivity contribution in [2.45, 2.75) is 18.9 Å². The number of piperazine rings is 1. The number of nitriles is 1. The van der Waals surface area contributed by atoms with Gasteiger partial charge in [-0.1, -0.05) is 22.9 Å². The van der Waals surface area contributed by atoms with Gasteiger partial charge in [0.1, 0.15) is 17.0 Å². The minimum atomic E-state index is -0.170. The van der Waals surface area contributed by atoms with E-state index in [-0.39, 0.29) is 17.1 Å². The molecule has 2 aliphatic heterocycles. The molecule has 2 aliphatic rings. The van der Waals surface area contributed by atoms with E-state index in [4.69, 9.17) is 16.9 Å². The van der Waals surface area contributed by atoms with Crippen molar-refractivity contribution < 1.29 is 4.79 Å². The van der Waals surface area contributed by atoms with E-state index in [1.165, 1.54) is 11.3 Å². The monoisotopic (exact) mass is 325 g/mol. The molecule has 0 radical (unpaired) electrons. The number of nitrogens with zero attached hydrogens (tertiary/aromatic N) is 4. The molecule has 1 N–H and O–H groups in total. The first-order chi connectivity index (χ1) is 10.2. The zero-order chi connectivity index (χ0) is 14.8. The second kappa shape index (κ2) is 6.18. The van der Waals surface area contributed by atoms with Crippen LogP contribution in [0.1, 0.15) is 17.7 Å². The Kier molecular flexibility index (Phi) is 4.29. The van der Waals surface area contributed by atoms with Crippen LogP contribution in [-0.2, 0) is 4.79 Å². The van der Waals surface area contributed by atoms with Gasteiger partial charge in [0, 0.05) is 32.7 Å². The van der Waals surface area contributed by atoms with Gasteiger partial charge in [0.2, 0.25) is 5.91 Å². The lowest BCUT2D eigenvalue weighted by molar-refractivity contribution is -0.132. The summed E-state index contributed by atoms with van der Waals surface area (Å²) in [6, 6.07) is 1.87. The van der Waals surface area contributed by atoms with E-state index in [9.17, 15) is 4.79 Å². The average Bonchev–Trinajstić information content (AvgIpc) is 3.13. The van der Waals surface area contributed by atoms with Crippen molar-refractivity contribution in [3.05, 3.63) is 10.0 Å². The normalized spacial score (nSPS) is 22.4. The van der Waals surface area contributed by atoms with Gasteiger partial charge in [-0.2, -0.15) is 5.26 Å². The molecule has 0 aliphatic carbocycles. The first kappa shape index (κ1) is 14.6. The van der Waals surface area contributed by atoms with E-state index in [1.54, 1.807) is 0 Å². The van der Waals surface area contributed by atoms with Crippen LogP contribution in [0, 0.1) is 11.3 Å². The summed E-state index contributed by atoms with van der Waals surface area (Å²) in [7, 11) is 0. The van der Waals surface area contributed by atoms with Crippen LogP contribution in [0.15, 0.2) is 0 Å². The topological polar surface area (TPSA) is 72.3 Å². The first-order valence-corrected chi connectivity index (χ1v) is 8.22. The zero-order valence-electron chi connectivity index (χ0n) is 11.5. The van der Waals surface area contributed by atoms with Crippen LogP contribution in [-0.4, -0.2) is 54.6 Å². The maximum atomic E-state index is 12.7. The predicted octanol–water partition coefficient (Wildman–Crippen LogP) is 1.07. The number of hydrogen-bond donors (Lipinski definition) is 1. The van der Waals surface area contributed by atoms with Gasteiger partial charge in [0.15, 0.2) is 10.3 Å². The van der Waals surface area contributed by atoms with Crippen molar-refractivity contribution in [2.75, 3.05) is 37.6 Å². The summed E-state index contributed by atoms with van der Waals surface area (Å²) in [5.74, 6) is 0.166. The van der Waals surface area contributed by atoms with E-state index in [0.717, 1.165) is 45.6 Å². The molecular formula is C13H16ClN5OS. The Labute approximate surface area is 132 Å². The third-order valence-electron chi connectivity index (χ3n) is 3.89. The van der Waals surface area contributed by atoms with E-state index in [2.05, 4.69) is 10.3 Å². The number of anilines is 1. The maximum Gasteiger partial charge on any atom is 0.245 e. The lowest BCUT2D eigenvalue weighted by Gasteiger charge is -2.32. The molecule has 1 atom stereocenters. The largest absolute Gasteiger partial charge is 0.338 e. The molecule has 0 spiro atoms. The van der Waals surface area contributed by atoms with Gasteiger partial charge in [-0.15, -0.1) is 0 Å². The summed E-state index contributed by atoms with van der Waals surface area (Å²) in [6.07, 6.45) is 1.80. The summed E-state index contributed by atoms with van der Waals surface area (Å²) < 4.78 is 0. The Hall–Kier alpha value is -1.36. The number of carbonyl (C=O) groups is 1. The molecule has 0 bridgehead atoms. The summed E-state index contributed by atoms with van der Waals surface area (Å²) in [6.45, 7) is 3.99. The summed E-state index contributed by atoms with van der Waals surface area (Å²) in [5.41, 5.74) is 0. The molecule has 21 heavy (non-hydrogen) atoms. The van der Waals surface area contributed by atoms with Gasteiger partial charge in [0.25, 0.3) is 0 Å². The third kappa shape index (κ3) is 2.84. The number of rotatable bonds is 2. The molecule has 3 heterocycles. The molecule has 1 aromatic heterocycles. The SMILES string of the molecule is N#Cc1sc(N2CCCC2C(=O)N2CCNCC2)nc1Cl. The third-order valence-corrected chi connectivity index (χ3v) is 5.27. The maximum absolute atomic E-state index is 12.7. The fraction of sp³-hybridized carbons (Fsp3) is 0.615. The van der Waals surface area contributed by atoms with Gasteiger partial charge in [-0.3, -0.25) is 4.79 Å². The molecule has 1 amide bonds. The zero-order valence-corrected chi connectivity index (χ0v) is 13.1. The number of carbonyl (C=O) groups excluding carboxylic acids is 1. The summed E-state index contributed by atoms with van der Waals surface area (Å²) >= 11 is 7.21. The second-order valence-electron chi connectivity index (χ2n) is 5.15. The van der Waals surface area contributed by atoms with Crippen molar-refractivity contribution >= 4 is 34.0 Å². The van der Waals surface area contributed by atoms with Crippen molar-refractivity contribution in [2.24, 2.45) is 0 Å². The quantitative estimate of drug-likeness (QED) is 0.880. The van der Waals surface area contributed by atoms with Crippen molar-refractivity contribution in [1.82, 2.24) is 15.2 Å². The summed E-state index contributed by atoms with van der Waals surface area (Å²) in [5, 5.41) is 13.2. The highest BCUT2D eigenvalue weighted by atomic mass is 35.5. The molecule has 8 heteroatoms. The molecule has 1 unspecified atom stereocenters. The minimum Gasteiger partial charge on any atom is -0.338 e. The number of aromatic nitrogens is 1. The Balaban J connectivity index is 1.78. The number of thiazole rings is 1. The Morgan fingerprint density at radius 2 is 2.19 bits per heavy atom. The Bertz CT molecular complexity index is 578. The molecule has 2 saturated heterocycles. The highest BCUT2D eigenvalue weighted by Gasteiger charge is 2.36. The smallest absolute Gasteiger partial charge is 0.245 e. The molecule has 3 rings (SSSR count). The first-order valence-electron chi connectivity index (χ1n) is 7.03. The molecule has 2 fully saturated rings. The van der Waals surface area contributed by atoms with Crippen LogP contribution < -0.4 is 10.2 Å².